The molecular weight excluding hydrogens is 274 g/mol. The largest absolute Gasteiger partial charge is 0.488 e. The molecule has 1 aromatic heterocycles. The van der Waals surface area contributed by atoms with Gasteiger partial charge in [0.05, 0.1) is 6.20 Å². The van der Waals surface area contributed by atoms with Crippen LogP contribution in [0.4, 0.5) is 0 Å². The molecule has 1 heterocycles. The van der Waals surface area contributed by atoms with Gasteiger partial charge in [-0.3, -0.25) is 4.68 Å². The highest BCUT2D eigenvalue weighted by molar-refractivity contribution is 6.30. The highest BCUT2D eigenvalue weighted by Gasteiger charge is 2.06. The van der Waals surface area contributed by atoms with Crippen molar-refractivity contribution in [2.75, 3.05) is 6.54 Å². The maximum atomic E-state index is 6.05. The summed E-state index contributed by atoms with van der Waals surface area (Å²) in [6.45, 7) is 4.40. The Morgan fingerprint density at radius 3 is 2.95 bits per heavy atom. The van der Waals surface area contributed by atoms with Gasteiger partial charge in [-0.05, 0) is 31.2 Å². The molecule has 1 N–H and O–H groups in total. The summed E-state index contributed by atoms with van der Waals surface area (Å²) in [7, 11) is 1.89. The molecule has 4 nitrogen and oxygen atoms in total. The van der Waals surface area contributed by atoms with Gasteiger partial charge in [-0.1, -0.05) is 18.5 Å². The number of hydrogen-bond donors (Lipinski definition) is 1. The van der Waals surface area contributed by atoms with Crippen LogP contribution in [0, 0.1) is 0 Å². The zero-order valence-corrected chi connectivity index (χ0v) is 12.7. The maximum absolute atomic E-state index is 6.05. The van der Waals surface area contributed by atoms with E-state index in [4.69, 9.17) is 16.3 Å². The van der Waals surface area contributed by atoms with Crippen LogP contribution in [0.5, 0.6) is 5.75 Å². The van der Waals surface area contributed by atoms with Gasteiger partial charge in [-0.15, -0.1) is 0 Å². The summed E-state index contributed by atoms with van der Waals surface area (Å²) in [6, 6.07) is 5.72. The molecule has 2 aromatic rings. The molecule has 0 aliphatic rings. The standard InChI is InChI=1S/C15H20ClN3O/c1-3-6-17-9-13-7-14(16)4-5-15(13)20-11-12-8-18-19(2)10-12/h4-5,7-8,10,17H,3,6,9,11H2,1-2H3. The van der Waals surface area contributed by atoms with Crippen molar-refractivity contribution >= 4 is 11.6 Å². The van der Waals surface area contributed by atoms with E-state index in [1.165, 1.54) is 0 Å². The SMILES string of the molecule is CCCNCc1cc(Cl)ccc1OCc1cnn(C)c1. The predicted molar refractivity (Wildman–Crippen MR) is 81.0 cm³/mol. The molecule has 1 aromatic carbocycles. The lowest BCUT2D eigenvalue weighted by Crippen LogP contribution is -2.14. The van der Waals surface area contributed by atoms with Crippen molar-refractivity contribution in [1.29, 1.82) is 0 Å². The maximum Gasteiger partial charge on any atom is 0.124 e. The van der Waals surface area contributed by atoms with E-state index in [0.717, 1.165) is 41.4 Å². The van der Waals surface area contributed by atoms with Crippen molar-refractivity contribution in [3.05, 3.63) is 46.7 Å². The Bertz CT molecular complexity index is 554. The second kappa shape index (κ2) is 7.31. The lowest BCUT2D eigenvalue weighted by molar-refractivity contribution is 0.302. The van der Waals surface area contributed by atoms with Crippen LogP contribution in [0.15, 0.2) is 30.6 Å². The van der Waals surface area contributed by atoms with Gasteiger partial charge in [0.2, 0.25) is 0 Å². The number of nitrogens with zero attached hydrogens (tertiary/aromatic N) is 2. The third-order valence-corrected chi connectivity index (χ3v) is 3.15. The van der Waals surface area contributed by atoms with Crippen LogP contribution in [0.1, 0.15) is 24.5 Å². The summed E-state index contributed by atoms with van der Waals surface area (Å²) in [4.78, 5) is 0. The van der Waals surface area contributed by atoms with E-state index < -0.39 is 0 Å². The minimum atomic E-state index is 0.510. The van der Waals surface area contributed by atoms with E-state index in [9.17, 15) is 0 Å². The fourth-order valence-corrected chi connectivity index (χ4v) is 2.13. The van der Waals surface area contributed by atoms with Crippen molar-refractivity contribution < 1.29 is 4.74 Å². The zero-order valence-electron chi connectivity index (χ0n) is 11.9. The quantitative estimate of drug-likeness (QED) is 0.797. The van der Waals surface area contributed by atoms with Crippen molar-refractivity contribution in [1.82, 2.24) is 15.1 Å². The monoisotopic (exact) mass is 293 g/mol. The van der Waals surface area contributed by atoms with Crippen LogP contribution in [-0.4, -0.2) is 16.3 Å². The molecule has 0 aliphatic heterocycles. The molecule has 0 saturated carbocycles. The molecular formula is C15H20ClN3O. The number of nitrogens with one attached hydrogen (secondary N) is 1. The van der Waals surface area contributed by atoms with Crippen LogP contribution in [-0.2, 0) is 20.2 Å². The van der Waals surface area contributed by atoms with Crippen LogP contribution in [0.2, 0.25) is 5.02 Å². The lowest BCUT2D eigenvalue weighted by Gasteiger charge is -2.12. The summed E-state index contributed by atoms with van der Waals surface area (Å²) < 4.78 is 7.64. The molecule has 0 radical (unpaired) electrons. The fraction of sp³-hybridized carbons (Fsp3) is 0.400. The Hall–Kier alpha value is -1.52. The molecule has 5 heteroatoms. The smallest absolute Gasteiger partial charge is 0.124 e. The van der Waals surface area contributed by atoms with E-state index in [2.05, 4.69) is 17.3 Å². The number of hydrogen-bond acceptors (Lipinski definition) is 3. The Labute approximate surface area is 124 Å². The molecule has 0 aliphatic carbocycles. The number of rotatable bonds is 7. The van der Waals surface area contributed by atoms with E-state index >= 15 is 0 Å². The zero-order chi connectivity index (χ0) is 14.4. The summed E-state index contributed by atoms with van der Waals surface area (Å²) in [6.07, 6.45) is 4.86. The van der Waals surface area contributed by atoms with Gasteiger partial charge in [-0.25, -0.2) is 0 Å². The van der Waals surface area contributed by atoms with Crippen LogP contribution in [0.3, 0.4) is 0 Å². The van der Waals surface area contributed by atoms with Crippen molar-refractivity contribution in [3.8, 4) is 5.75 Å². The van der Waals surface area contributed by atoms with Gasteiger partial charge in [0.25, 0.3) is 0 Å². The highest BCUT2D eigenvalue weighted by Crippen LogP contribution is 2.23. The number of aromatic nitrogens is 2. The van der Waals surface area contributed by atoms with Gasteiger partial charge >= 0.3 is 0 Å². The average Bonchev–Trinajstić information content (AvgIpc) is 2.84. The molecule has 0 fully saturated rings. The van der Waals surface area contributed by atoms with Gasteiger partial charge in [-0.2, -0.15) is 5.10 Å². The second-order valence-electron chi connectivity index (χ2n) is 4.74. The molecule has 2 rings (SSSR count). The Morgan fingerprint density at radius 2 is 2.25 bits per heavy atom. The lowest BCUT2D eigenvalue weighted by atomic mass is 10.2. The summed E-state index contributed by atoms with van der Waals surface area (Å²) in [5.41, 5.74) is 2.13. The van der Waals surface area contributed by atoms with Gasteiger partial charge < -0.3 is 10.1 Å². The van der Waals surface area contributed by atoms with Crippen molar-refractivity contribution in [2.24, 2.45) is 7.05 Å². The first-order valence-electron chi connectivity index (χ1n) is 6.78. The van der Waals surface area contributed by atoms with Crippen molar-refractivity contribution in [2.45, 2.75) is 26.5 Å². The molecule has 0 spiro atoms. The van der Waals surface area contributed by atoms with Crippen LogP contribution >= 0.6 is 11.6 Å². The minimum Gasteiger partial charge on any atom is -0.488 e. The Kier molecular flexibility index (Phi) is 5.44. The first-order chi connectivity index (χ1) is 9.69. The molecule has 20 heavy (non-hydrogen) atoms. The van der Waals surface area contributed by atoms with Gasteiger partial charge in [0.15, 0.2) is 0 Å². The average molecular weight is 294 g/mol. The molecule has 0 atom stereocenters. The molecule has 0 saturated heterocycles. The number of benzene rings is 1. The molecule has 108 valence electrons. The highest BCUT2D eigenvalue weighted by atomic mass is 35.5. The predicted octanol–water partition coefficient (Wildman–Crippen LogP) is 3.15. The van der Waals surface area contributed by atoms with E-state index in [0.29, 0.717) is 6.61 Å². The summed E-state index contributed by atoms with van der Waals surface area (Å²) in [5, 5.41) is 8.22. The number of halogens is 1. The Morgan fingerprint density at radius 1 is 1.40 bits per heavy atom. The van der Waals surface area contributed by atoms with Crippen LogP contribution < -0.4 is 10.1 Å². The van der Waals surface area contributed by atoms with Crippen molar-refractivity contribution in [3.63, 3.8) is 0 Å². The van der Waals surface area contributed by atoms with E-state index in [1.54, 1.807) is 4.68 Å². The molecule has 0 unspecified atom stereocenters. The molecule has 0 bridgehead atoms. The summed E-state index contributed by atoms with van der Waals surface area (Å²) >= 11 is 6.05. The summed E-state index contributed by atoms with van der Waals surface area (Å²) in [5.74, 6) is 0.863. The van der Waals surface area contributed by atoms with E-state index in [1.807, 2.05) is 37.6 Å². The first-order valence-corrected chi connectivity index (χ1v) is 7.16. The Balaban J connectivity index is 2.01. The van der Waals surface area contributed by atoms with E-state index in [-0.39, 0.29) is 0 Å². The number of ether oxygens (including phenoxy) is 1. The third-order valence-electron chi connectivity index (χ3n) is 2.92. The third kappa shape index (κ3) is 4.25. The molecule has 0 amide bonds. The normalized spacial score (nSPS) is 10.8. The topological polar surface area (TPSA) is 39.1 Å². The van der Waals surface area contributed by atoms with Gasteiger partial charge in [0.1, 0.15) is 12.4 Å². The second-order valence-corrected chi connectivity index (χ2v) is 5.18. The van der Waals surface area contributed by atoms with Gasteiger partial charge in [0, 0.05) is 35.9 Å². The number of aryl methyl sites for hydroxylation is 1. The first kappa shape index (κ1) is 14.9. The fourth-order valence-electron chi connectivity index (χ4n) is 1.93. The minimum absolute atomic E-state index is 0.510. The van der Waals surface area contributed by atoms with Crippen LogP contribution in [0.25, 0.3) is 0 Å².